The fourth-order valence-electron chi connectivity index (χ4n) is 2.42. The Hall–Kier alpha value is -1.94. The van der Waals surface area contributed by atoms with Crippen LogP contribution in [0.25, 0.3) is 0 Å². The number of halogens is 2. The van der Waals surface area contributed by atoms with Crippen LogP contribution < -0.4 is 5.32 Å². The van der Waals surface area contributed by atoms with Crippen LogP contribution in [0.2, 0.25) is 0 Å². The van der Waals surface area contributed by atoms with Crippen LogP contribution in [0.4, 0.5) is 8.78 Å². The molecular weight excluding hydrogens is 272 g/mol. The minimum atomic E-state index is -0.373. The predicted octanol–water partition coefficient (Wildman–Crippen LogP) is 3.95. The molecule has 0 spiro atoms. The molecule has 2 rings (SSSR count). The van der Waals surface area contributed by atoms with Crippen molar-refractivity contribution in [2.75, 3.05) is 0 Å². The van der Waals surface area contributed by atoms with Gasteiger partial charge < -0.3 is 10.4 Å². The number of phenolic OH excluding ortho intramolecular Hbond substituents is 1. The van der Waals surface area contributed by atoms with Crippen molar-refractivity contribution in [2.45, 2.75) is 32.4 Å². The number of hydrogen-bond acceptors (Lipinski definition) is 2. The third kappa shape index (κ3) is 4.26. The fraction of sp³-hybridized carbons (Fsp3) is 0.294. The average molecular weight is 291 g/mol. The summed E-state index contributed by atoms with van der Waals surface area (Å²) in [7, 11) is 0. The maximum Gasteiger partial charge on any atom is 0.123 e. The summed E-state index contributed by atoms with van der Waals surface area (Å²) < 4.78 is 26.1. The summed E-state index contributed by atoms with van der Waals surface area (Å²) in [5.41, 5.74) is 1.55. The predicted molar refractivity (Wildman–Crippen MR) is 79.2 cm³/mol. The van der Waals surface area contributed by atoms with E-state index < -0.39 is 0 Å². The summed E-state index contributed by atoms with van der Waals surface area (Å²) in [4.78, 5) is 0. The minimum absolute atomic E-state index is 0.0744. The second kappa shape index (κ2) is 6.68. The van der Waals surface area contributed by atoms with Crippen molar-refractivity contribution in [3.05, 3.63) is 65.2 Å². The molecule has 0 heterocycles. The molecule has 0 aliphatic heterocycles. The average Bonchev–Trinajstić information content (AvgIpc) is 2.44. The maximum absolute atomic E-state index is 13.3. The molecule has 0 aliphatic rings. The highest BCUT2D eigenvalue weighted by atomic mass is 19.1. The Kier molecular flexibility index (Phi) is 4.91. The third-order valence-corrected chi connectivity index (χ3v) is 3.45. The molecule has 0 aromatic heterocycles. The first-order valence-electron chi connectivity index (χ1n) is 6.94. The van der Waals surface area contributed by atoms with E-state index >= 15 is 0 Å². The molecule has 0 amide bonds. The molecular formula is C17H19F2NO. The van der Waals surface area contributed by atoms with Crippen molar-refractivity contribution < 1.29 is 13.9 Å². The summed E-state index contributed by atoms with van der Waals surface area (Å²) >= 11 is 0. The van der Waals surface area contributed by atoms with Crippen LogP contribution in [-0.2, 0) is 6.42 Å². The quantitative estimate of drug-likeness (QED) is 0.874. The summed E-state index contributed by atoms with van der Waals surface area (Å²) in [6.07, 6.45) is 0.723. The van der Waals surface area contributed by atoms with Crippen LogP contribution in [0.15, 0.2) is 42.5 Å². The van der Waals surface area contributed by atoms with Gasteiger partial charge in [0.1, 0.15) is 17.4 Å². The zero-order valence-electron chi connectivity index (χ0n) is 12.1. The van der Waals surface area contributed by atoms with Gasteiger partial charge in [0.25, 0.3) is 0 Å². The molecule has 2 aromatic rings. The van der Waals surface area contributed by atoms with E-state index in [0.717, 1.165) is 12.0 Å². The van der Waals surface area contributed by atoms with E-state index in [2.05, 4.69) is 5.32 Å². The van der Waals surface area contributed by atoms with Crippen LogP contribution >= 0.6 is 0 Å². The van der Waals surface area contributed by atoms with Crippen molar-refractivity contribution in [3.8, 4) is 5.75 Å². The largest absolute Gasteiger partial charge is 0.508 e. The third-order valence-electron chi connectivity index (χ3n) is 3.45. The molecule has 2 atom stereocenters. The highest BCUT2D eigenvalue weighted by molar-refractivity contribution is 5.35. The van der Waals surface area contributed by atoms with Crippen molar-refractivity contribution in [1.82, 2.24) is 5.32 Å². The summed E-state index contributed by atoms with van der Waals surface area (Å²) in [5.74, 6) is -0.551. The van der Waals surface area contributed by atoms with Crippen molar-refractivity contribution in [1.29, 1.82) is 0 Å². The molecule has 2 N–H and O–H groups in total. The number of aromatic hydroxyl groups is 1. The van der Waals surface area contributed by atoms with Crippen molar-refractivity contribution >= 4 is 0 Å². The molecule has 0 fully saturated rings. The monoisotopic (exact) mass is 291 g/mol. The maximum atomic E-state index is 13.3. The van der Waals surface area contributed by atoms with E-state index in [4.69, 9.17) is 0 Å². The van der Waals surface area contributed by atoms with Gasteiger partial charge >= 0.3 is 0 Å². The topological polar surface area (TPSA) is 32.3 Å². The van der Waals surface area contributed by atoms with Gasteiger partial charge in [0, 0.05) is 17.6 Å². The first-order valence-corrected chi connectivity index (χ1v) is 6.94. The minimum Gasteiger partial charge on any atom is -0.508 e. The van der Waals surface area contributed by atoms with Crippen LogP contribution in [-0.4, -0.2) is 11.1 Å². The van der Waals surface area contributed by atoms with E-state index in [-0.39, 0.29) is 29.5 Å². The van der Waals surface area contributed by atoms with Gasteiger partial charge in [-0.1, -0.05) is 12.1 Å². The van der Waals surface area contributed by atoms with Crippen LogP contribution in [0.3, 0.4) is 0 Å². The molecule has 21 heavy (non-hydrogen) atoms. The van der Waals surface area contributed by atoms with Gasteiger partial charge in [-0.15, -0.1) is 0 Å². The van der Waals surface area contributed by atoms with Gasteiger partial charge in [-0.3, -0.25) is 0 Å². The lowest BCUT2D eigenvalue weighted by molar-refractivity contribution is 0.430. The highest BCUT2D eigenvalue weighted by Crippen LogP contribution is 2.25. The molecule has 0 saturated heterocycles. The normalized spacial score (nSPS) is 13.9. The Labute approximate surface area is 123 Å². The number of rotatable bonds is 5. The van der Waals surface area contributed by atoms with E-state index in [0.29, 0.717) is 5.56 Å². The first-order chi connectivity index (χ1) is 9.95. The van der Waals surface area contributed by atoms with Crippen molar-refractivity contribution in [2.24, 2.45) is 0 Å². The smallest absolute Gasteiger partial charge is 0.123 e. The summed E-state index contributed by atoms with van der Waals surface area (Å²) in [5, 5.41) is 13.1. The Morgan fingerprint density at radius 2 is 1.62 bits per heavy atom. The Morgan fingerprint density at radius 3 is 2.29 bits per heavy atom. The molecule has 2 nitrogen and oxygen atoms in total. The lowest BCUT2D eigenvalue weighted by Gasteiger charge is -2.21. The van der Waals surface area contributed by atoms with E-state index in [1.807, 2.05) is 13.8 Å². The van der Waals surface area contributed by atoms with Gasteiger partial charge in [0.2, 0.25) is 0 Å². The Balaban J connectivity index is 2.00. The Bertz CT molecular complexity index is 598. The number of hydrogen-bond donors (Lipinski definition) is 2. The van der Waals surface area contributed by atoms with Gasteiger partial charge in [0.05, 0.1) is 0 Å². The molecule has 4 heteroatoms. The molecule has 2 unspecified atom stereocenters. The number of phenols is 1. The second-order valence-electron chi connectivity index (χ2n) is 5.32. The number of nitrogens with one attached hydrogen (secondary N) is 1. The zero-order valence-corrected chi connectivity index (χ0v) is 12.1. The fourth-order valence-corrected chi connectivity index (χ4v) is 2.42. The summed E-state index contributed by atoms with van der Waals surface area (Å²) in [6.45, 7) is 3.87. The van der Waals surface area contributed by atoms with Gasteiger partial charge in [-0.2, -0.15) is 0 Å². The first kappa shape index (κ1) is 15.4. The molecule has 0 bridgehead atoms. The second-order valence-corrected chi connectivity index (χ2v) is 5.32. The van der Waals surface area contributed by atoms with Gasteiger partial charge in [0.15, 0.2) is 0 Å². The molecule has 0 radical (unpaired) electrons. The lowest BCUT2D eigenvalue weighted by Crippen LogP contribution is -2.30. The number of benzene rings is 2. The van der Waals surface area contributed by atoms with Gasteiger partial charge in [-0.05, 0) is 56.2 Å². The van der Waals surface area contributed by atoms with Crippen LogP contribution in [0.1, 0.15) is 31.0 Å². The lowest BCUT2D eigenvalue weighted by atomic mass is 10.0. The molecule has 112 valence electrons. The summed E-state index contributed by atoms with van der Waals surface area (Å²) in [6, 6.07) is 10.2. The molecule has 0 aliphatic carbocycles. The SMILES string of the molecule is CC(Cc1ccc(F)cc1)NC(C)c1cc(F)ccc1O. The van der Waals surface area contributed by atoms with E-state index in [9.17, 15) is 13.9 Å². The standard InChI is InChI=1S/C17H19F2NO/c1-11(9-13-3-5-14(18)6-4-13)20-12(2)16-10-15(19)7-8-17(16)21/h3-8,10-12,20-21H,9H2,1-2H3. The zero-order chi connectivity index (χ0) is 15.4. The Morgan fingerprint density at radius 1 is 1.00 bits per heavy atom. The van der Waals surface area contributed by atoms with E-state index in [1.54, 1.807) is 12.1 Å². The molecule has 0 saturated carbocycles. The van der Waals surface area contributed by atoms with Crippen LogP contribution in [0, 0.1) is 11.6 Å². The van der Waals surface area contributed by atoms with Crippen LogP contribution in [0.5, 0.6) is 5.75 Å². The van der Waals surface area contributed by atoms with Gasteiger partial charge in [-0.25, -0.2) is 8.78 Å². The molecule has 2 aromatic carbocycles. The van der Waals surface area contributed by atoms with E-state index in [1.165, 1.54) is 30.3 Å². The highest BCUT2D eigenvalue weighted by Gasteiger charge is 2.14. The van der Waals surface area contributed by atoms with Crippen molar-refractivity contribution in [3.63, 3.8) is 0 Å².